The Kier molecular flexibility index (Phi) is 7.14. The monoisotopic (exact) mass is 440 g/mol. The first-order valence-corrected chi connectivity index (χ1v) is 10.5. The molecule has 3 aromatic rings. The number of hydrogen-bond donors (Lipinski definition) is 2. The zero-order valence-electron chi connectivity index (χ0n) is 16.8. The van der Waals surface area contributed by atoms with Gasteiger partial charge in [0.1, 0.15) is 0 Å². The van der Waals surface area contributed by atoms with Crippen molar-refractivity contribution in [3.05, 3.63) is 94.0 Å². The second-order valence-electron chi connectivity index (χ2n) is 7.05. The Balaban J connectivity index is 1.73. The number of halogens is 2. The maximum Gasteiger partial charge on any atom is 0.255 e. The Bertz CT molecular complexity index is 975. The van der Waals surface area contributed by atoms with Crippen molar-refractivity contribution in [1.82, 2.24) is 0 Å². The van der Waals surface area contributed by atoms with Crippen molar-refractivity contribution in [2.45, 2.75) is 25.6 Å². The lowest BCUT2D eigenvalue weighted by Crippen LogP contribution is -2.15. The summed E-state index contributed by atoms with van der Waals surface area (Å²) in [5.74, 6) is 0.415. The highest BCUT2D eigenvalue weighted by Gasteiger charge is 2.12. The Labute approximate surface area is 186 Å². The molecule has 3 aromatic carbocycles. The predicted octanol–water partition coefficient (Wildman–Crippen LogP) is 6.29. The van der Waals surface area contributed by atoms with Gasteiger partial charge in [-0.15, -0.1) is 23.2 Å². The zero-order chi connectivity index (χ0) is 21.7. The third-order valence-electron chi connectivity index (χ3n) is 4.81. The van der Waals surface area contributed by atoms with E-state index in [1.807, 2.05) is 50.2 Å². The number of amides is 2. The number of alkyl halides is 2. The van der Waals surface area contributed by atoms with E-state index in [1.165, 1.54) is 0 Å². The number of anilines is 2. The van der Waals surface area contributed by atoms with Crippen molar-refractivity contribution in [2.24, 2.45) is 0 Å². The van der Waals surface area contributed by atoms with E-state index < -0.39 is 0 Å². The van der Waals surface area contributed by atoms with Gasteiger partial charge in [-0.25, -0.2) is 0 Å². The molecule has 3 rings (SSSR count). The Hall–Kier alpha value is -2.82. The summed E-state index contributed by atoms with van der Waals surface area (Å²) in [4.78, 5) is 25.1. The summed E-state index contributed by atoms with van der Waals surface area (Å²) < 4.78 is 0. The molecule has 0 fully saturated rings. The summed E-state index contributed by atoms with van der Waals surface area (Å²) >= 11 is 11.6. The molecule has 2 amide bonds. The van der Waals surface area contributed by atoms with Crippen LogP contribution in [-0.4, -0.2) is 11.8 Å². The average molecular weight is 441 g/mol. The molecular weight excluding hydrogens is 419 g/mol. The lowest BCUT2D eigenvalue weighted by atomic mass is 10.1. The first kappa shape index (κ1) is 21.9. The summed E-state index contributed by atoms with van der Waals surface area (Å²) in [7, 11) is 0. The van der Waals surface area contributed by atoms with Crippen LogP contribution in [0.15, 0.2) is 60.7 Å². The molecule has 30 heavy (non-hydrogen) atoms. The number of aryl methyl sites for hydroxylation is 2. The summed E-state index contributed by atoms with van der Waals surface area (Å²) in [6, 6.07) is 18.0. The first-order valence-electron chi connectivity index (χ1n) is 9.45. The molecule has 0 unspecified atom stereocenters. The van der Waals surface area contributed by atoms with Crippen molar-refractivity contribution >= 4 is 46.4 Å². The molecule has 2 N–H and O–H groups in total. The minimum Gasteiger partial charge on any atom is -0.322 e. The van der Waals surface area contributed by atoms with Crippen molar-refractivity contribution in [2.75, 3.05) is 10.6 Å². The standard InChI is InChI=1S/C24H22Cl2N2O2/c1-15-11-22(28-24(30)20-9-5-18(14-26)6-10-20)16(2)12-21(15)27-23(29)19-7-3-17(13-25)4-8-19/h3-12H,13-14H2,1-2H3,(H,27,29)(H,28,30). The molecule has 0 aliphatic heterocycles. The van der Waals surface area contributed by atoms with Crippen LogP contribution < -0.4 is 10.6 Å². The van der Waals surface area contributed by atoms with Gasteiger partial charge in [0.2, 0.25) is 0 Å². The van der Waals surface area contributed by atoms with E-state index in [0.717, 1.165) is 22.3 Å². The van der Waals surface area contributed by atoms with Gasteiger partial charge in [-0.2, -0.15) is 0 Å². The highest BCUT2D eigenvalue weighted by molar-refractivity contribution is 6.17. The Morgan fingerprint density at radius 2 is 1.00 bits per heavy atom. The van der Waals surface area contributed by atoms with Gasteiger partial charge in [-0.3, -0.25) is 9.59 Å². The first-order chi connectivity index (χ1) is 14.4. The topological polar surface area (TPSA) is 58.2 Å². The molecule has 0 saturated heterocycles. The number of carbonyl (C=O) groups excluding carboxylic acids is 2. The molecule has 6 heteroatoms. The van der Waals surface area contributed by atoms with E-state index in [4.69, 9.17) is 23.2 Å². The molecule has 0 radical (unpaired) electrons. The van der Waals surface area contributed by atoms with Crippen molar-refractivity contribution < 1.29 is 9.59 Å². The minimum atomic E-state index is -0.199. The van der Waals surface area contributed by atoms with Crippen LogP contribution in [0.25, 0.3) is 0 Å². The smallest absolute Gasteiger partial charge is 0.255 e. The molecule has 0 aromatic heterocycles. The van der Waals surface area contributed by atoms with Crippen LogP contribution >= 0.6 is 23.2 Å². The van der Waals surface area contributed by atoms with Gasteiger partial charge in [0.05, 0.1) is 0 Å². The van der Waals surface area contributed by atoms with Gasteiger partial charge in [0.15, 0.2) is 0 Å². The van der Waals surface area contributed by atoms with Gasteiger partial charge in [-0.05, 0) is 72.5 Å². The summed E-state index contributed by atoms with van der Waals surface area (Å²) in [5, 5.41) is 5.87. The molecule has 0 saturated carbocycles. The van der Waals surface area contributed by atoms with E-state index in [2.05, 4.69) is 10.6 Å². The van der Waals surface area contributed by atoms with Crippen molar-refractivity contribution in [1.29, 1.82) is 0 Å². The van der Waals surface area contributed by atoms with Crippen molar-refractivity contribution in [3.63, 3.8) is 0 Å². The number of nitrogens with one attached hydrogen (secondary N) is 2. The quantitative estimate of drug-likeness (QED) is 0.442. The predicted molar refractivity (Wildman–Crippen MR) is 124 cm³/mol. The molecule has 0 atom stereocenters. The van der Waals surface area contributed by atoms with Crippen LogP contribution in [0, 0.1) is 13.8 Å². The normalized spacial score (nSPS) is 10.5. The lowest BCUT2D eigenvalue weighted by Gasteiger charge is -2.14. The number of hydrogen-bond acceptors (Lipinski definition) is 2. The van der Waals surface area contributed by atoms with Gasteiger partial charge < -0.3 is 10.6 Å². The second-order valence-corrected chi connectivity index (χ2v) is 7.59. The van der Waals surface area contributed by atoms with E-state index >= 15 is 0 Å². The van der Waals surface area contributed by atoms with Gasteiger partial charge in [-0.1, -0.05) is 24.3 Å². The average Bonchev–Trinajstić information content (AvgIpc) is 2.77. The van der Waals surface area contributed by atoms with Gasteiger partial charge in [0, 0.05) is 34.3 Å². The largest absolute Gasteiger partial charge is 0.322 e. The molecule has 0 aliphatic rings. The van der Waals surface area contributed by atoms with Gasteiger partial charge >= 0.3 is 0 Å². The number of rotatable bonds is 6. The maximum atomic E-state index is 12.6. The summed E-state index contributed by atoms with van der Waals surface area (Å²) in [6.07, 6.45) is 0. The number of carbonyl (C=O) groups is 2. The van der Waals surface area contributed by atoms with Crippen LogP contribution in [0.1, 0.15) is 43.0 Å². The van der Waals surface area contributed by atoms with E-state index in [9.17, 15) is 9.59 Å². The third kappa shape index (κ3) is 5.21. The zero-order valence-corrected chi connectivity index (χ0v) is 18.3. The molecule has 0 heterocycles. The summed E-state index contributed by atoms with van der Waals surface area (Å²) in [6.45, 7) is 3.77. The number of benzene rings is 3. The van der Waals surface area contributed by atoms with E-state index in [0.29, 0.717) is 34.3 Å². The fourth-order valence-electron chi connectivity index (χ4n) is 2.96. The molecular formula is C24H22Cl2N2O2. The van der Waals surface area contributed by atoms with E-state index in [1.54, 1.807) is 24.3 Å². The van der Waals surface area contributed by atoms with Crippen LogP contribution in [-0.2, 0) is 11.8 Å². The van der Waals surface area contributed by atoms with Crippen LogP contribution in [0.5, 0.6) is 0 Å². The molecule has 0 spiro atoms. The van der Waals surface area contributed by atoms with Crippen LogP contribution in [0.3, 0.4) is 0 Å². The van der Waals surface area contributed by atoms with E-state index in [-0.39, 0.29) is 11.8 Å². The third-order valence-corrected chi connectivity index (χ3v) is 5.43. The molecule has 4 nitrogen and oxygen atoms in total. The SMILES string of the molecule is Cc1cc(NC(=O)c2ccc(CCl)cc2)c(C)cc1NC(=O)c1ccc(CCl)cc1. The lowest BCUT2D eigenvalue weighted by molar-refractivity contribution is 0.101. The van der Waals surface area contributed by atoms with Crippen LogP contribution in [0.2, 0.25) is 0 Å². The molecule has 0 bridgehead atoms. The van der Waals surface area contributed by atoms with Crippen LogP contribution in [0.4, 0.5) is 11.4 Å². The fraction of sp³-hybridized carbons (Fsp3) is 0.167. The second kappa shape index (κ2) is 9.79. The van der Waals surface area contributed by atoms with Gasteiger partial charge in [0.25, 0.3) is 11.8 Å². The highest BCUT2D eigenvalue weighted by atomic mass is 35.5. The Morgan fingerprint density at radius 3 is 1.30 bits per heavy atom. The minimum absolute atomic E-state index is 0.199. The van der Waals surface area contributed by atoms with Crippen molar-refractivity contribution in [3.8, 4) is 0 Å². The Morgan fingerprint density at radius 1 is 0.667 bits per heavy atom. The molecule has 154 valence electrons. The molecule has 0 aliphatic carbocycles. The summed E-state index contributed by atoms with van der Waals surface area (Å²) in [5.41, 5.74) is 6.11. The maximum absolute atomic E-state index is 12.6. The highest BCUT2D eigenvalue weighted by Crippen LogP contribution is 2.25. The fourth-order valence-corrected chi connectivity index (χ4v) is 3.32.